The number of alkyl halides is 3. The van der Waals surface area contributed by atoms with Crippen LogP contribution in [-0.4, -0.2) is 37.4 Å². The predicted octanol–water partition coefficient (Wildman–Crippen LogP) is 4.70. The summed E-state index contributed by atoms with van der Waals surface area (Å²) in [6.45, 7) is 7.53. The summed E-state index contributed by atoms with van der Waals surface area (Å²) < 4.78 is 40.8. The van der Waals surface area contributed by atoms with E-state index in [2.05, 4.69) is 21.5 Å². The van der Waals surface area contributed by atoms with Gasteiger partial charge in [-0.15, -0.1) is 32.2 Å². The second kappa shape index (κ2) is 10.7. The number of hydrogen-bond donors (Lipinski definition) is 1. The maximum absolute atomic E-state index is 12.3. The molecule has 1 aromatic rings. The van der Waals surface area contributed by atoms with Crippen molar-refractivity contribution in [2.24, 2.45) is 0 Å². The van der Waals surface area contributed by atoms with Gasteiger partial charge in [0.25, 0.3) is 0 Å². The fourth-order valence-electron chi connectivity index (χ4n) is 3.07. The fourth-order valence-corrected chi connectivity index (χ4v) is 3.07. The molecule has 1 saturated heterocycles. The number of allylic oxidation sites excluding steroid dienone is 1. The molecule has 0 saturated carbocycles. The van der Waals surface area contributed by atoms with Gasteiger partial charge in [-0.1, -0.05) is 24.6 Å². The average molecular weight is 379 g/mol. The Kier molecular flexibility index (Phi) is 9.32. The van der Waals surface area contributed by atoms with Crippen LogP contribution in [0.15, 0.2) is 36.9 Å². The molecule has 0 aliphatic carbocycles. The molecule has 1 aromatic carbocycles. The lowest BCUT2D eigenvalue weighted by Gasteiger charge is -2.35. The van der Waals surface area contributed by atoms with Crippen molar-refractivity contribution in [2.45, 2.75) is 38.1 Å². The summed E-state index contributed by atoms with van der Waals surface area (Å²) in [5.74, 6) is -0.169. The molecule has 0 aromatic heterocycles. The highest BCUT2D eigenvalue weighted by Crippen LogP contribution is 2.30. The van der Waals surface area contributed by atoms with Gasteiger partial charge in [-0.2, -0.15) is 0 Å². The zero-order valence-corrected chi connectivity index (χ0v) is 15.0. The van der Waals surface area contributed by atoms with E-state index in [1.165, 1.54) is 12.1 Å². The molecular formula is C18H26ClF3N2O. The molecule has 7 heteroatoms. The second-order valence-electron chi connectivity index (χ2n) is 5.99. The first-order chi connectivity index (χ1) is 11.5. The zero-order chi connectivity index (χ0) is 17.4. The highest BCUT2D eigenvalue weighted by Gasteiger charge is 2.31. The van der Waals surface area contributed by atoms with Gasteiger partial charge < -0.3 is 10.1 Å². The number of unbranched alkanes of at least 4 members (excludes halogenated alkanes) is 2. The molecule has 0 bridgehead atoms. The van der Waals surface area contributed by atoms with Crippen molar-refractivity contribution in [1.29, 1.82) is 0 Å². The van der Waals surface area contributed by atoms with Gasteiger partial charge in [0.05, 0.1) is 0 Å². The van der Waals surface area contributed by atoms with Crippen LogP contribution in [0.1, 0.15) is 37.3 Å². The number of halogens is 4. The molecule has 1 N–H and O–H groups in total. The topological polar surface area (TPSA) is 24.5 Å². The van der Waals surface area contributed by atoms with Gasteiger partial charge in [0.15, 0.2) is 0 Å². The molecular weight excluding hydrogens is 353 g/mol. The van der Waals surface area contributed by atoms with E-state index in [1.807, 2.05) is 6.08 Å². The van der Waals surface area contributed by atoms with Crippen molar-refractivity contribution in [1.82, 2.24) is 10.2 Å². The lowest BCUT2D eigenvalue weighted by Crippen LogP contribution is -2.45. The van der Waals surface area contributed by atoms with Crippen molar-refractivity contribution in [3.8, 4) is 5.75 Å². The van der Waals surface area contributed by atoms with Crippen LogP contribution in [0.3, 0.4) is 0 Å². The van der Waals surface area contributed by atoms with Gasteiger partial charge in [-0.3, -0.25) is 4.90 Å². The van der Waals surface area contributed by atoms with Crippen molar-refractivity contribution in [2.75, 3.05) is 26.2 Å². The van der Waals surface area contributed by atoms with Gasteiger partial charge in [-0.05, 0) is 37.0 Å². The smallest absolute Gasteiger partial charge is 0.406 e. The van der Waals surface area contributed by atoms with E-state index < -0.39 is 6.36 Å². The monoisotopic (exact) mass is 378 g/mol. The standard InChI is InChI=1S/C18H25F3N2O.ClH/c1-2-3-4-5-6-17(23-13-11-22-12-14-23)15-7-9-16(10-8-15)24-18(19,20)21;/h2,7-10,17,22H,1,3-6,11-14H2;1H/t17-;/m1./s1. The van der Waals surface area contributed by atoms with Crippen LogP contribution in [0.4, 0.5) is 13.2 Å². The maximum Gasteiger partial charge on any atom is 0.573 e. The Morgan fingerprint density at radius 2 is 1.80 bits per heavy atom. The summed E-state index contributed by atoms with van der Waals surface area (Å²) in [6.07, 6.45) is 1.41. The Balaban J connectivity index is 0.00000312. The van der Waals surface area contributed by atoms with E-state index in [0.717, 1.165) is 57.4 Å². The lowest BCUT2D eigenvalue weighted by atomic mass is 9.98. The third kappa shape index (κ3) is 7.67. The second-order valence-corrected chi connectivity index (χ2v) is 5.99. The number of nitrogens with one attached hydrogen (secondary N) is 1. The highest BCUT2D eigenvalue weighted by molar-refractivity contribution is 5.85. The molecule has 1 fully saturated rings. The molecule has 142 valence electrons. The average Bonchev–Trinajstić information content (AvgIpc) is 2.55. The Morgan fingerprint density at radius 1 is 1.16 bits per heavy atom. The third-order valence-corrected chi connectivity index (χ3v) is 4.23. The summed E-state index contributed by atoms with van der Waals surface area (Å²) >= 11 is 0. The molecule has 3 nitrogen and oxygen atoms in total. The molecule has 0 radical (unpaired) electrons. The number of benzene rings is 1. The Hall–Kier alpha value is -1.24. The normalized spacial score (nSPS) is 16.8. The van der Waals surface area contributed by atoms with Crippen LogP contribution in [0.25, 0.3) is 0 Å². The zero-order valence-electron chi connectivity index (χ0n) is 14.2. The van der Waals surface area contributed by atoms with Crippen molar-refractivity contribution >= 4 is 12.4 Å². The molecule has 1 aliphatic heterocycles. The van der Waals surface area contributed by atoms with Crippen LogP contribution in [0, 0.1) is 0 Å². The molecule has 0 unspecified atom stereocenters. The van der Waals surface area contributed by atoms with Crippen LogP contribution in [0.2, 0.25) is 0 Å². The molecule has 0 amide bonds. The van der Waals surface area contributed by atoms with Gasteiger partial charge in [0, 0.05) is 32.2 Å². The van der Waals surface area contributed by atoms with Crippen molar-refractivity contribution in [3.63, 3.8) is 0 Å². The Morgan fingerprint density at radius 3 is 2.36 bits per heavy atom. The quantitative estimate of drug-likeness (QED) is 0.524. The number of nitrogens with zero attached hydrogens (tertiary/aromatic N) is 1. The first-order valence-corrected chi connectivity index (χ1v) is 8.41. The first kappa shape index (κ1) is 21.8. The van der Waals surface area contributed by atoms with Crippen LogP contribution >= 0.6 is 12.4 Å². The summed E-state index contributed by atoms with van der Waals surface area (Å²) in [7, 11) is 0. The summed E-state index contributed by atoms with van der Waals surface area (Å²) in [4.78, 5) is 2.41. The van der Waals surface area contributed by atoms with Gasteiger partial charge in [-0.25, -0.2) is 0 Å². The first-order valence-electron chi connectivity index (χ1n) is 8.41. The molecule has 2 rings (SSSR count). The van der Waals surface area contributed by atoms with Crippen LogP contribution in [0.5, 0.6) is 5.75 Å². The molecule has 1 atom stereocenters. The summed E-state index contributed by atoms with van der Waals surface area (Å²) in [6, 6.07) is 6.54. The summed E-state index contributed by atoms with van der Waals surface area (Å²) in [5.41, 5.74) is 1.05. The molecule has 1 heterocycles. The van der Waals surface area contributed by atoms with Gasteiger partial charge in [0.1, 0.15) is 5.75 Å². The van der Waals surface area contributed by atoms with E-state index in [9.17, 15) is 13.2 Å². The van der Waals surface area contributed by atoms with E-state index in [-0.39, 0.29) is 24.2 Å². The van der Waals surface area contributed by atoms with Gasteiger partial charge in [0.2, 0.25) is 0 Å². The molecule has 25 heavy (non-hydrogen) atoms. The van der Waals surface area contributed by atoms with E-state index in [1.54, 1.807) is 12.1 Å². The lowest BCUT2D eigenvalue weighted by molar-refractivity contribution is -0.274. The van der Waals surface area contributed by atoms with Gasteiger partial charge >= 0.3 is 6.36 Å². The van der Waals surface area contributed by atoms with E-state index in [0.29, 0.717) is 0 Å². The Bertz CT molecular complexity index is 502. The SMILES string of the molecule is C=CCCCC[C@H](c1ccc(OC(F)(F)F)cc1)N1CCNCC1.Cl. The largest absolute Gasteiger partial charge is 0.573 e. The summed E-state index contributed by atoms with van der Waals surface area (Å²) in [5, 5.41) is 3.33. The molecule has 0 spiro atoms. The minimum absolute atomic E-state index is 0. The predicted molar refractivity (Wildman–Crippen MR) is 96.2 cm³/mol. The molecule has 1 aliphatic rings. The number of ether oxygens (including phenoxy) is 1. The minimum Gasteiger partial charge on any atom is -0.406 e. The van der Waals surface area contributed by atoms with E-state index in [4.69, 9.17) is 0 Å². The number of piperazine rings is 1. The fraction of sp³-hybridized carbons (Fsp3) is 0.556. The maximum atomic E-state index is 12.3. The highest BCUT2D eigenvalue weighted by atomic mass is 35.5. The Labute approximate surface area is 153 Å². The number of hydrogen-bond acceptors (Lipinski definition) is 3. The van der Waals surface area contributed by atoms with E-state index >= 15 is 0 Å². The van der Waals surface area contributed by atoms with Crippen molar-refractivity contribution < 1.29 is 17.9 Å². The van der Waals surface area contributed by atoms with Crippen molar-refractivity contribution in [3.05, 3.63) is 42.5 Å². The minimum atomic E-state index is -4.65. The number of rotatable bonds is 8. The van der Waals surface area contributed by atoms with Crippen LogP contribution < -0.4 is 10.1 Å². The third-order valence-electron chi connectivity index (χ3n) is 4.23. The van der Waals surface area contributed by atoms with Crippen LogP contribution in [-0.2, 0) is 0 Å².